The predicted octanol–water partition coefficient (Wildman–Crippen LogP) is 2.21. The molecule has 0 aliphatic rings. The van der Waals surface area contributed by atoms with Gasteiger partial charge >= 0.3 is 5.97 Å². The molecule has 5 nitrogen and oxygen atoms in total. The number of nitrogens with one attached hydrogen (secondary N) is 1. The fourth-order valence-corrected chi connectivity index (χ4v) is 2.16. The minimum absolute atomic E-state index is 0.311. The van der Waals surface area contributed by atoms with Crippen molar-refractivity contribution in [2.24, 2.45) is 0 Å². The minimum Gasteiger partial charge on any atom is -0.497 e. The van der Waals surface area contributed by atoms with Crippen LogP contribution in [0.3, 0.4) is 0 Å². The van der Waals surface area contributed by atoms with Crippen molar-refractivity contribution in [2.75, 3.05) is 14.2 Å². The predicted molar refractivity (Wildman–Crippen MR) is 86.4 cm³/mol. The summed E-state index contributed by atoms with van der Waals surface area (Å²) in [5.74, 6) is -0.0590. The zero-order valence-corrected chi connectivity index (χ0v) is 13.1. The molecular formula is C18H19NO4. The summed E-state index contributed by atoms with van der Waals surface area (Å²) in [7, 11) is 2.89. The van der Waals surface area contributed by atoms with E-state index in [2.05, 4.69) is 5.32 Å². The molecule has 0 spiro atoms. The Morgan fingerprint density at radius 1 is 1.00 bits per heavy atom. The maximum Gasteiger partial charge on any atom is 0.328 e. The first-order valence-corrected chi connectivity index (χ1v) is 7.20. The number of ether oxygens (including phenoxy) is 2. The molecule has 0 radical (unpaired) electrons. The average Bonchev–Trinajstić information content (AvgIpc) is 2.61. The summed E-state index contributed by atoms with van der Waals surface area (Å²) in [6.45, 7) is 0. The Morgan fingerprint density at radius 2 is 1.65 bits per heavy atom. The summed E-state index contributed by atoms with van der Waals surface area (Å²) in [4.78, 5) is 24.2. The van der Waals surface area contributed by atoms with Gasteiger partial charge in [0.05, 0.1) is 14.2 Å². The molecule has 1 amide bonds. The van der Waals surface area contributed by atoms with Gasteiger partial charge in [-0.25, -0.2) is 4.79 Å². The van der Waals surface area contributed by atoms with Crippen LogP contribution in [0.25, 0.3) is 0 Å². The molecule has 23 heavy (non-hydrogen) atoms. The van der Waals surface area contributed by atoms with Crippen molar-refractivity contribution >= 4 is 11.9 Å². The van der Waals surface area contributed by atoms with Gasteiger partial charge in [-0.1, -0.05) is 30.3 Å². The number of hydrogen-bond acceptors (Lipinski definition) is 4. The molecule has 120 valence electrons. The van der Waals surface area contributed by atoms with Crippen molar-refractivity contribution in [3.8, 4) is 5.75 Å². The second-order valence-electron chi connectivity index (χ2n) is 4.97. The molecule has 5 heteroatoms. The number of hydrogen-bond donors (Lipinski definition) is 1. The lowest BCUT2D eigenvalue weighted by atomic mass is 10.1. The Kier molecular flexibility index (Phi) is 5.74. The molecule has 0 bridgehead atoms. The summed E-state index contributed by atoms with van der Waals surface area (Å²) in [6.07, 6.45) is 0.343. The minimum atomic E-state index is -0.749. The van der Waals surface area contributed by atoms with Crippen LogP contribution in [0.2, 0.25) is 0 Å². The van der Waals surface area contributed by atoms with E-state index in [-0.39, 0.29) is 5.91 Å². The second-order valence-corrected chi connectivity index (χ2v) is 4.97. The highest BCUT2D eigenvalue weighted by molar-refractivity contribution is 5.96. The van der Waals surface area contributed by atoms with Crippen LogP contribution in [0.15, 0.2) is 54.6 Å². The lowest BCUT2D eigenvalue weighted by molar-refractivity contribution is -0.142. The van der Waals surface area contributed by atoms with E-state index in [1.54, 1.807) is 31.4 Å². The zero-order valence-electron chi connectivity index (χ0n) is 13.1. The molecule has 2 aromatic carbocycles. The van der Waals surface area contributed by atoms with Gasteiger partial charge in [-0.15, -0.1) is 0 Å². The standard InChI is InChI=1S/C18H19NO4/c1-22-15-10-8-13(9-11-15)12-16(18(21)23-2)19-17(20)14-6-4-3-5-7-14/h3-11,16H,12H2,1-2H3,(H,19,20)/t16-/m1/s1. The number of rotatable bonds is 6. The average molecular weight is 313 g/mol. The molecule has 0 saturated carbocycles. The van der Waals surface area contributed by atoms with E-state index < -0.39 is 12.0 Å². The summed E-state index contributed by atoms with van der Waals surface area (Å²) < 4.78 is 9.89. The number of carbonyl (C=O) groups is 2. The van der Waals surface area contributed by atoms with Crippen molar-refractivity contribution in [2.45, 2.75) is 12.5 Å². The van der Waals surface area contributed by atoms with Gasteiger partial charge in [-0.05, 0) is 29.8 Å². The van der Waals surface area contributed by atoms with Crippen LogP contribution in [-0.4, -0.2) is 32.1 Å². The van der Waals surface area contributed by atoms with Crippen LogP contribution in [0.5, 0.6) is 5.75 Å². The molecule has 0 unspecified atom stereocenters. The number of amides is 1. The van der Waals surface area contributed by atoms with Gasteiger partial charge in [0.2, 0.25) is 0 Å². The van der Waals surface area contributed by atoms with Crippen molar-refractivity contribution in [3.05, 3.63) is 65.7 Å². The summed E-state index contributed by atoms with van der Waals surface area (Å²) in [5.41, 5.74) is 1.39. The van der Waals surface area contributed by atoms with Gasteiger partial charge in [0.15, 0.2) is 0 Å². The van der Waals surface area contributed by atoms with Crippen molar-refractivity contribution in [1.82, 2.24) is 5.32 Å². The molecular weight excluding hydrogens is 294 g/mol. The highest BCUT2D eigenvalue weighted by atomic mass is 16.5. The first-order chi connectivity index (χ1) is 11.1. The largest absolute Gasteiger partial charge is 0.497 e. The highest BCUT2D eigenvalue weighted by Gasteiger charge is 2.22. The van der Waals surface area contributed by atoms with E-state index >= 15 is 0 Å². The van der Waals surface area contributed by atoms with E-state index in [9.17, 15) is 9.59 Å². The number of methoxy groups -OCH3 is 2. The third-order valence-electron chi connectivity index (χ3n) is 3.43. The van der Waals surface area contributed by atoms with Gasteiger partial charge in [0, 0.05) is 12.0 Å². The van der Waals surface area contributed by atoms with Crippen molar-refractivity contribution in [1.29, 1.82) is 0 Å². The SMILES string of the molecule is COC(=O)[C@@H](Cc1ccc(OC)cc1)NC(=O)c1ccccc1. The quantitative estimate of drug-likeness (QED) is 0.831. The molecule has 0 aliphatic carbocycles. The molecule has 0 aliphatic heterocycles. The van der Waals surface area contributed by atoms with Crippen LogP contribution in [-0.2, 0) is 16.0 Å². The van der Waals surface area contributed by atoms with E-state index in [1.165, 1.54) is 7.11 Å². The van der Waals surface area contributed by atoms with Gasteiger partial charge in [-0.2, -0.15) is 0 Å². The molecule has 1 atom stereocenters. The third kappa shape index (κ3) is 4.57. The monoisotopic (exact) mass is 313 g/mol. The van der Waals surface area contributed by atoms with Crippen LogP contribution in [0.1, 0.15) is 15.9 Å². The maximum absolute atomic E-state index is 12.2. The topological polar surface area (TPSA) is 64.6 Å². The highest BCUT2D eigenvalue weighted by Crippen LogP contribution is 2.13. The number of benzene rings is 2. The van der Waals surface area contributed by atoms with Crippen molar-refractivity contribution in [3.63, 3.8) is 0 Å². The lowest BCUT2D eigenvalue weighted by Gasteiger charge is -2.17. The van der Waals surface area contributed by atoms with Gasteiger partial charge in [0.1, 0.15) is 11.8 Å². The van der Waals surface area contributed by atoms with Crippen LogP contribution in [0, 0.1) is 0 Å². The van der Waals surface area contributed by atoms with Gasteiger partial charge in [-0.3, -0.25) is 4.79 Å². The molecule has 0 saturated heterocycles. The van der Waals surface area contributed by atoms with Gasteiger partial charge < -0.3 is 14.8 Å². The third-order valence-corrected chi connectivity index (χ3v) is 3.43. The fourth-order valence-electron chi connectivity index (χ4n) is 2.16. The van der Waals surface area contributed by atoms with E-state index in [4.69, 9.17) is 9.47 Å². The number of carbonyl (C=O) groups excluding carboxylic acids is 2. The second kappa shape index (κ2) is 7.98. The van der Waals surface area contributed by atoms with Crippen LogP contribution < -0.4 is 10.1 Å². The summed E-state index contributed by atoms with van der Waals surface area (Å²) in [6, 6.07) is 15.3. The van der Waals surface area contributed by atoms with Crippen molar-refractivity contribution < 1.29 is 19.1 Å². The summed E-state index contributed by atoms with van der Waals surface area (Å²) in [5, 5.41) is 2.72. The Hall–Kier alpha value is -2.82. The Balaban J connectivity index is 2.10. The normalized spacial score (nSPS) is 11.4. The molecule has 2 aromatic rings. The maximum atomic E-state index is 12.2. The zero-order chi connectivity index (χ0) is 16.7. The van der Waals surface area contributed by atoms with E-state index in [1.807, 2.05) is 30.3 Å². The molecule has 0 heterocycles. The Labute approximate surface area is 135 Å². The molecule has 0 aromatic heterocycles. The van der Waals surface area contributed by atoms with Gasteiger partial charge in [0.25, 0.3) is 5.91 Å². The smallest absolute Gasteiger partial charge is 0.328 e. The molecule has 0 fully saturated rings. The molecule has 1 N–H and O–H groups in total. The first kappa shape index (κ1) is 16.5. The van der Waals surface area contributed by atoms with E-state index in [0.29, 0.717) is 12.0 Å². The Morgan fingerprint density at radius 3 is 2.22 bits per heavy atom. The van der Waals surface area contributed by atoms with Crippen LogP contribution in [0.4, 0.5) is 0 Å². The first-order valence-electron chi connectivity index (χ1n) is 7.20. The number of esters is 1. The fraction of sp³-hybridized carbons (Fsp3) is 0.222. The summed E-state index contributed by atoms with van der Waals surface area (Å²) >= 11 is 0. The van der Waals surface area contributed by atoms with Crippen LogP contribution >= 0.6 is 0 Å². The lowest BCUT2D eigenvalue weighted by Crippen LogP contribution is -2.43. The van der Waals surface area contributed by atoms with E-state index in [0.717, 1.165) is 11.3 Å². The molecule has 2 rings (SSSR count). The Bertz CT molecular complexity index is 652.